The van der Waals surface area contributed by atoms with Gasteiger partial charge in [-0.3, -0.25) is 0 Å². The van der Waals surface area contributed by atoms with Crippen LogP contribution in [0.25, 0.3) is 11.5 Å². The monoisotopic (exact) mass is 332 g/mol. The lowest BCUT2D eigenvalue weighted by Gasteiger charge is -2.32. The molecule has 0 aliphatic carbocycles. The van der Waals surface area contributed by atoms with Gasteiger partial charge in [0.25, 0.3) is 5.89 Å². The molecule has 0 spiro atoms. The number of rotatable bonds is 4. The molecule has 1 amide bonds. The van der Waals surface area contributed by atoms with Crippen LogP contribution in [0.3, 0.4) is 0 Å². The van der Waals surface area contributed by atoms with Crippen LogP contribution in [0.4, 0.5) is 10.6 Å². The van der Waals surface area contributed by atoms with Crippen molar-refractivity contribution >= 4 is 11.9 Å². The Bertz CT molecular complexity index is 696. The van der Waals surface area contributed by atoms with Gasteiger partial charge in [0.05, 0.1) is 6.61 Å². The van der Waals surface area contributed by atoms with Gasteiger partial charge >= 0.3 is 6.09 Å². The lowest BCUT2D eigenvalue weighted by atomic mass is 10.1. The summed E-state index contributed by atoms with van der Waals surface area (Å²) in [7, 11) is 0. The second-order valence-electron chi connectivity index (χ2n) is 5.54. The number of nitrogens with zero attached hydrogens (tertiary/aromatic N) is 5. The van der Waals surface area contributed by atoms with E-state index < -0.39 is 0 Å². The van der Waals surface area contributed by atoms with Crippen molar-refractivity contribution in [2.24, 2.45) is 0 Å². The van der Waals surface area contributed by atoms with Gasteiger partial charge in [0.15, 0.2) is 5.82 Å². The zero-order chi connectivity index (χ0) is 16.9. The van der Waals surface area contributed by atoms with Crippen LogP contribution in [0.1, 0.15) is 25.6 Å². The maximum absolute atomic E-state index is 11.7. The van der Waals surface area contributed by atoms with Crippen LogP contribution in [0, 0.1) is 6.92 Å². The predicted molar refractivity (Wildman–Crippen MR) is 85.3 cm³/mol. The molecule has 2 aromatic heterocycles. The molecule has 2 aromatic rings. The number of ether oxygens (including phenoxy) is 1. The van der Waals surface area contributed by atoms with Gasteiger partial charge in [-0.05, 0) is 26.7 Å². The van der Waals surface area contributed by atoms with E-state index in [1.165, 1.54) is 6.33 Å². The Morgan fingerprint density at radius 1 is 1.46 bits per heavy atom. The minimum Gasteiger partial charge on any atom is -0.450 e. The maximum atomic E-state index is 11.7. The molecule has 9 heteroatoms. The van der Waals surface area contributed by atoms with Crippen LogP contribution in [0.5, 0.6) is 0 Å². The Labute approximate surface area is 139 Å². The quantitative estimate of drug-likeness (QED) is 0.904. The summed E-state index contributed by atoms with van der Waals surface area (Å²) in [6.45, 7) is 5.26. The minimum absolute atomic E-state index is 0.202. The fraction of sp³-hybridized carbons (Fsp3) is 0.533. The van der Waals surface area contributed by atoms with Crippen LogP contribution >= 0.6 is 0 Å². The lowest BCUT2D eigenvalue weighted by Crippen LogP contribution is -2.42. The number of hydrogen-bond donors (Lipinski definition) is 1. The summed E-state index contributed by atoms with van der Waals surface area (Å²) >= 11 is 0. The molecule has 0 aromatic carbocycles. The van der Waals surface area contributed by atoms with Crippen molar-refractivity contribution in [3.8, 4) is 11.5 Å². The Hall–Kier alpha value is -2.71. The van der Waals surface area contributed by atoms with Crippen LogP contribution in [0.2, 0.25) is 0 Å². The van der Waals surface area contributed by atoms with E-state index in [1.807, 2.05) is 6.92 Å². The lowest BCUT2D eigenvalue weighted by molar-refractivity contribution is 0.0983. The molecular formula is C15H20N6O3. The predicted octanol–water partition coefficient (Wildman–Crippen LogP) is 1.87. The Kier molecular flexibility index (Phi) is 4.88. The zero-order valence-electron chi connectivity index (χ0n) is 13.7. The third-order valence-electron chi connectivity index (χ3n) is 3.83. The van der Waals surface area contributed by atoms with Gasteiger partial charge in [-0.25, -0.2) is 14.8 Å². The summed E-state index contributed by atoms with van der Waals surface area (Å²) in [4.78, 5) is 26.0. The number of piperidine rings is 1. The number of aromatic nitrogens is 4. The van der Waals surface area contributed by atoms with E-state index in [0.29, 0.717) is 42.8 Å². The topological polar surface area (TPSA) is 106 Å². The van der Waals surface area contributed by atoms with E-state index in [2.05, 4.69) is 25.4 Å². The summed E-state index contributed by atoms with van der Waals surface area (Å²) in [5, 5.41) is 7.19. The van der Waals surface area contributed by atoms with E-state index in [4.69, 9.17) is 9.26 Å². The molecule has 1 saturated heterocycles. The summed E-state index contributed by atoms with van der Waals surface area (Å²) in [5.41, 5.74) is 0.672. The number of amides is 1. The molecular weight excluding hydrogens is 312 g/mol. The molecule has 1 aliphatic rings. The van der Waals surface area contributed by atoms with Crippen molar-refractivity contribution < 1.29 is 14.1 Å². The van der Waals surface area contributed by atoms with E-state index in [-0.39, 0.29) is 12.1 Å². The van der Waals surface area contributed by atoms with E-state index in [1.54, 1.807) is 18.0 Å². The highest BCUT2D eigenvalue weighted by Crippen LogP contribution is 2.25. The number of aryl methyl sites for hydroxylation is 1. The van der Waals surface area contributed by atoms with Gasteiger partial charge in [0.2, 0.25) is 0 Å². The van der Waals surface area contributed by atoms with Crippen molar-refractivity contribution in [2.75, 3.05) is 25.0 Å². The molecule has 3 rings (SSSR count). The standard InChI is InChI=1S/C15H20N6O3/c1-3-23-15(22)21-6-4-11(5-7-21)19-13-12(8-16-9-17-13)14-18-10(2)20-24-14/h8-9,11H,3-7H2,1-2H3,(H,16,17,19). The third kappa shape index (κ3) is 3.61. The van der Waals surface area contributed by atoms with Gasteiger partial charge < -0.3 is 19.5 Å². The number of hydrogen-bond acceptors (Lipinski definition) is 8. The highest BCUT2D eigenvalue weighted by Gasteiger charge is 2.25. The molecule has 1 aliphatic heterocycles. The summed E-state index contributed by atoms with van der Waals surface area (Å²) in [6.07, 6.45) is 4.50. The normalized spacial score (nSPS) is 15.3. The van der Waals surface area contributed by atoms with Crippen molar-refractivity contribution in [2.45, 2.75) is 32.7 Å². The Morgan fingerprint density at radius 2 is 2.25 bits per heavy atom. The van der Waals surface area contributed by atoms with Crippen molar-refractivity contribution in [3.05, 3.63) is 18.3 Å². The maximum Gasteiger partial charge on any atom is 0.409 e. The van der Waals surface area contributed by atoms with Crippen molar-refractivity contribution in [1.82, 2.24) is 25.0 Å². The number of carbonyl (C=O) groups is 1. The van der Waals surface area contributed by atoms with Crippen LogP contribution in [-0.4, -0.2) is 56.8 Å². The molecule has 1 N–H and O–H groups in total. The minimum atomic E-state index is -0.250. The second-order valence-corrected chi connectivity index (χ2v) is 5.54. The third-order valence-corrected chi connectivity index (χ3v) is 3.83. The number of nitrogens with one attached hydrogen (secondary N) is 1. The fourth-order valence-corrected chi connectivity index (χ4v) is 2.62. The molecule has 3 heterocycles. The molecule has 24 heavy (non-hydrogen) atoms. The highest BCUT2D eigenvalue weighted by molar-refractivity contribution is 5.69. The first kappa shape index (κ1) is 16.2. The average Bonchev–Trinajstić information content (AvgIpc) is 3.02. The van der Waals surface area contributed by atoms with Crippen LogP contribution in [-0.2, 0) is 4.74 Å². The first-order valence-corrected chi connectivity index (χ1v) is 7.96. The molecule has 1 fully saturated rings. The molecule has 0 bridgehead atoms. The number of likely N-dealkylation sites (tertiary alicyclic amines) is 1. The Morgan fingerprint density at radius 3 is 2.92 bits per heavy atom. The molecule has 9 nitrogen and oxygen atoms in total. The van der Waals surface area contributed by atoms with Gasteiger partial charge in [-0.1, -0.05) is 5.16 Å². The second kappa shape index (κ2) is 7.24. The molecule has 128 valence electrons. The first-order valence-electron chi connectivity index (χ1n) is 7.96. The van der Waals surface area contributed by atoms with E-state index >= 15 is 0 Å². The Balaban J connectivity index is 1.65. The smallest absolute Gasteiger partial charge is 0.409 e. The van der Waals surface area contributed by atoms with Gasteiger partial charge in [-0.2, -0.15) is 4.98 Å². The van der Waals surface area contributed by atoms with Crippen LogP contribution in [0.15, 0.2) is 17.0 Å². The van der Waals surface area contributed by atoms with E-state index in [0.717, 1.165) is 12.8 Å². The molecule has 0 saturated carbocycles. The fourth-order valence-electron chi connectivity index (χ4n) is 2.62. The summed E-state index contributed by atoms with van der Waals surface area (Å²) in [5.74, 6) is 1.60. The van der Waals surface area contributed by atoms with Gasteiger partial charge in [0, 0.05) is 25.3 Å². The van der Waals surface area contributed by atoms with Crippen molar-refractivity contribution in [1.29, 1.82) is 0 Å². The molecule has 0 atom stereocenters. The van der Waals surface area contributed by atoms with Crippen molar-refractivity contribution in [3.63, 3.8) is 0 Å². The van der Waals surface area contributed by atoms with Gasteiger partial charge in [-0.15, -0.1) is 0 Å². The highest BCUT2D eigenvalue weighted by atomic mass is 16.6. The SMILES string of the molecule is CCOC(=O)N1CCC(Nc2ncncc2-c2nc(C)no2)CC1. The average molecular weight is 332 g/mol. The first-order chi connectivity index (χ1) is 11.7. The van der Waals surface area contributed by atoms with E-state index in [9.17, 15) is 4.79 Å². The summed E-state index contributed by atoms with van der Waals surface area (Å²) < 4.78 is 10.2. The summed E-state index contributed by atoms with van der Waals surface area (Å²) in [6, 6.07) is 0.202. The number of carbonyl (C=O) groups excluding carboxylic acids is 1. The number of anilines is 1. The molecule has 0 radical (unpaired) electrons. The largest absolute Gasteiger partial charge is 0.450 e. The molecule has 0 unspecified atom stereocenters. The van der Waals surface area contributed by atoms with Gasteiger partial charge in [0.1, 0.15) is 17.7 Å². The zero-order valence-corrected chi connectivity index (χ0v) is 13.7. The van der Waals surface area contributed by atoms with Crippen LogP contribution < -0.4 is 5.32 Å².